The maximum atomic E-state index is 12.3. The number of para-hydroxylation sites is 1. The van der Waals surface area contributed by atoms with E-state index < -0.39 is 0 Å². The van der Waals surface area contributed by atoms with Crippen LogP contribution in [0, 0.1) is 0 Å². The molecule has 4 heteroatoms. The summed E-state index contributed by atoms with van der Waals surface area (Å²) in [5.74, 6) is 0.0368. The summed E-state index contributed by atoms with van der Waals surface area (Å²) in [7, 11) is 0. The van der Waals surface area contributed by atoms with Gasteiger partial charge in [0.15, 0.2) is 0 Å². The smallest absolute Gasteiger partial charge is 0.238 e. The maximum Gasteiger partial charge on any atom is 0.238 e. The lowest BCUT2D eigenvalue weighted by Gasteiger charge is -2.21. The molecule has 0 heterocycles. The molecule has 0 atom stereocenters. The van der Waals surface area contributed by atoms with Crippen molar-refractivity contribution in [2.24, 2.45) is 0 Å². The largest absolute Gasteiger partial charge is 0.324 e. The molecule has 1 aliphatic rings. The highest BCUT2D eigenvalue weighted by molar-refractivity contribution is 9.10. The van der Waals surface area contributed by atoms with Gasteiger partial charge in [-0.25, -0.2) is 0 Å². The first-order valence-corrected chi connectivity index (χ1v) is 8.34. The molecule has 3 nitrogen and oxygen atoms in total. The van der Waals surface area contributed by atoms with E-state index in [1.165, 1.54) is 18.4 Å². The highest BCUT2D eigenvalue weighted by Crippen LogP contribution is 2.28. The summed E-state index contributed by atoms with van der Waals surface area (Å²) in [5.41, 5.74) is 2.08. The summed E-state index contributed by atoms with van der Waals surface area (Å²) in [5, 5.41) is 2.98. The van der Waals surface area contributed by atoms with Crippen LogP contribution < -0.4 is 5.32 Å². The van der Waals surface area contributed by atoms with Crippen LogP contribution >= 0.6 is 15.9 Å². The zero-order valence-electron chi connectivity index (χ0n) is 12.3. The van der Waals surface area contributed by atoms with Crippen molar-refractivity contribution in [3.8, 4) is 0 Å². The fourth-order valence-corrected chi connectivity index (χ4v) is 2.89. The predicted octanol–water partition coefficient (Wildman–Crippen LogP) is 4.05. The van der Waals surface area contributed by atoms with Crippen molar-refractivity contribution in [2.45, 2.75) is 25.4 Å². The average Bonchev–Trinajstić information content (AvgIpc) is 3.35. The minimum absolute atomic E-state index is 0.0368. The molecule has 0 bridgehead atoms. The molecule has 1 N–H and O–H groups in total. The minimum atomic E-state index is 0.0368. The Morgan fingerprint density at radius 2 is 1.77 bits per heavy atom. The van der Waals surface area contributed by atoms with Crippen LogP contribution in [-0.2, 0) is 11.3 Å². The first-order chi connectivity index (χ1) is 10.7. The molecule has 0 spiro atoms. The number of amides is 1. The summed E-state index contributed by atoms with van der Waals surface area (Å²) in [6, 6.07) is 18.6. The number of nitrogens with one attached hydrogen (secondary N) is 1. The van der Waals surface area contributed by atoms with E-state index in [4.69, 9.17) is 0 Å². The summed E-state index contributed by atoms with van der Waals surface area (Å²) in [6.07, 6.45) is 2.38. The first-order valence-electron chi connectivity index (χ1n) is 7.55. The molecule has 1 saturated carbocycles. The maximum absolute atomic E-state index is 12.3. The molecule has 3 rings (SSSR count). The molecule has 1 aliphatic carbocycles. The van der Waals surface area contributed by atoms with Gasteiger partial charge >= 0.3 is 0 Å². The highest BCUT2D eigenvalue weighted by atomic mass is 79.9. The SMILES string of the molecule is O=C(CN(Cc1ccccc1)C1CC1)Nc1ccccc1Br. The van der Waals surface area contributed by atoms with Crippen LogP contribution in [0.3, 0.4) is 0 Å². The van der Waals surface area contributed by atoms with Crippen LogP contribution in [0.1, 0.15) is 18.4 Å². The molecular formula is C18H19BrN2O. The van der Waals surface area contributed by atoms with E-state index in [0.717, 1.165) is 16.7 Å². The molecule has 22 heavy (non-hydrogen) atoms. The predicted molar refractivity (Wildman–Crippen MR) is 92.6 cm³/mol. The van der Waals surface area contributed by atoms with Crippen molar-refractivity contribution < 1.29 is 4.79 Å². The number of anilines is 1. The first kappa shape index (κ1) is 15.3. The second kappa shape index (κ2) is 7.07. The molecule has 0 unspecified atom stereocenters. The van der Waals surface area contributed by atoms with E-state index >= 15 is 0 Å². The topological polar surface area (TPSA) is 32.3 Å². The van der Waals surface area contributed by atoms with Gasteiger partial charge in [-0.1, -0.05) is 42.5 Å². The van der Waals surface area contributed by atoms with Gasteiger partial charge in [-0.2, -0.15) is 0 Å². The molecule has 0 saturated heterocycles. The van der Waals surface area contributed by atoms with Crippen LogP contribution in [-0.4, -0.2) is 23.4 Å². The summed E-state index contributed by atoms with van der Waals surface area (Å²) in [6.45, 7) is 1.26. The van der Waals surface area contributed by atoms with E-state index in [1.807, 2.05) is 42.5 Å². The van der Waals surface area contributed by atoms with Crippen LogP contribution in [0.5, 0.6) is 0 Å². The average molecular weight is 359 g/mol. The monoisotopic (exact) mass is 358 g/mol. The molecule has 0 aliphatic heterocycles. The number of carbonyl (C=O) groups excluding carboxylic acids is 1. The minimum Gasteiger partial charge on any atom is -0.324 e. The van der Waals surface area contributed by atoms with Crippen molar-refractivity contribution in [3.63, 3.8) is 0 Å². The van der Waals surface area contributed by atoms with Crippen LogP contribution in [0.2, 0.25) is 0 Å². The lowest BCUT2D eigenvalue weighted by Crippen LogP contribution is -2.34. The number of hydrogen-bond donors (Lipinski definition) is 1. The number of benzene rings is 2. The Bertz CT molecular complexity index is 641. The molecule has 1 amide bonds. The van der Waals surface area contributed by atoms with E-state index in [-0.39, 0.29) is 5.91 Å². The third-order valence-electron chi connectivity index (χ3n) is 3.79. The summed E-state index contributed by atoms with van der Waals surface area (Å²) in [4.78, 5) is 14.6. The second-order valence-corrected chi connectivity index (χ2v) is 6.50. The number of halogens is 1. The molecule has 2 aromatic carbocycles. The Labute approximate surface area is 139 Å². The molecular weight excluding hydrogens is 340 g/mol. The van der Waals surface area contributed by atoms with Crippen LogP contribution in [0.4, 0.5) is 5.69 Å². The zero-order chi connectivity index (χ0) is 15.4. The standard InChI is InChI=1S/C18H19BrN2O/c19-16-8-4-5-9-17(16)20-18(22)13-21(15-10-11-15)12-14-6-2-1-3-7-14/h1-9,15H,10-13H2,(H,20,22). The Morgan fingerprint density at radius 3 is 2.45 bits per heavy atom. The van der Waals surface area contributed by atoms with Gasteiger partial charge in [0.25, 0.3) is 0 Å². The number of carbonyl (C=O) groups is 1. The number of nitrogens with zero attached hydrogens (tertiary/aromatic N) is 1. The normalized spacial score (nSPS) is 14.1. The van der Waals surface area contributed by atoms with Gasteiger partial charge in [-0.15, -0.1) is 0 Å². The third-order valence-corrected chi connectivity index (χ3v) is 4.48. The lowest BCUT2D eigenvalue weighted by atomic mass is 10.2. The van der Waals surface area contributed by atoms with Crippen molar-refractivity contribution in [2.75, 3.05) is 11.9 Å². The Morgan fingerprint density at radius 1 is 1.09 bits per heavy atom. The lowest BCUT2D eigenvalue weighted by molar-refractivity contribution is -0.117. The van der Waals surface area contributed by atoms with E-state index in [2.05, 4.69) is 38.3 Å². The van der Waals surface area contributed by atoms with Gasteiger partial charge in [0.2, 0.25) is 5.91 Å². The quantitative estimate of drug-likeness (QED) is 0.844. The van der Waals surface area contributed by atoms with E-state index in [9.17, 15) is 4.79 Å². The Balaban J connectivity index is 1.61. The molecule has 0 radical (unpaired) electrons. The molecule has 1 fully saturated rings. The molecule has 2 aromatic rings. The van der Waals surface area contributed by atoms with Gasteiger partial charge < -0.3 is 5.32 Å². The van der Waals surface area contributed by atoms with Crippen molar-refractivity contribution in [1.29, 1.82) is 0 Å². The van der Waals surface area contributed by atoms with Crippen LogP contribution in [0.25, 0.3) is 0 Å². The van der Waals surface area contributed by atoms with Gasteiger partial charge in [-0.3, -0.25) is 9.69 Å². The third kappa shape index (κ3) is 4.18. The molecule has 0 aromatic heterocycles. The van der Waals surface area contributed by atoms with Crippen molar-refractivity contribution in [1.82, 2.24) is 4.90 Å². The van der Waals surface area contributed by atoms with Crippen LogP contribution in [0.15, 0.2) is 59.1 Å². The molecule has 114 valence electrons. The number of rotatable bonds is 6. The Kier molecular flexibility index (Phi) is 4.90. The second-order valence-electron chi connectivity index (χ2n) is 5.65. The summed E-state index contributed by atoms with van der Waals surface area (Å²) < 4.78 is 0.907. The zero-order valence-corrected chi connectivity index (χ0v) is 13.9. The van der Waals surface area contributed by atoms with Crippen molar-refractivity contribution >= 4 is 27.5 Å². The van der Waals surface area contributed by atoms with E-state index in [1.54, 1.807) is 0 Å². The Hall–Kier alpha value is -1.65. The van der Waals surface area contributed by atoms with Gasteiger partial charge in [0.1, 0.15) is 0 Å². The van der Waals surface area contributed by atoms with Gasteiger partial charge in [0.05, 0.1) is 12.2 Å². The fraction of sp³-hybridized carbons (Fsp3) is 0.278. The van der Waals surface area contributed by atoms with Gasteiger partial charge in [-0.05, 0) is 46.5 Å². The van der Waals surface area contributed by atoms with Gasteiger partial charge in [0, 0.05) is 17.1 Å². The number of hydrogen-bond acceptors (Lipinski definition) is 2. The highest BCUT2D eigenvalue weighted by Gasteiger charge is 2.30. The van der Waals surface area contributed by atoms with Crippen molar-refractivity contribution in [3.05, 3.63) is 64.6 Å². The van der Waals surface area contributed by atoms with E-state index in [0.29, 0.717) is 12.6 Å². The fourth-order valence-electron chi connectivity index (χ4n) is 2.51. The summed E-state index contributed by atoms with van der Waals surface area (Å²) >= 11 is 3.46.